The molecule has 21 heavy (non-hydrogen) atoms. The van der Waals surface area contributed by atoms with Crippen molar-refractivity contribution in [2.24, 2.45) is 0 Å². The van der Waals surface area contributed by atoms with Crippen LogP contribution in [0.3, 0.4) is 0 Å². The number of nitrogen functional groups attached to an aromatic ring is 1. The number of ether oxygens (including phenoxy) is 1. The van der Waals surface area contributed by atoms with Gasteiger partial charge in [-0.25, -0.2) is 4.98 Å². The molecule has 5 nitrogen and oxygen atoms in total. The fraction of sp³-hybridized carbons (Fsp3) is 0.467. The molecule has 6 heteroatoms. The predicted octanol–water partition coefficient (Wildman–Crippen LogP) is 2.36. The summed E-state index contributed by atoms with van der Waals surface area (Å²) in [4.78, 5) is 20.5. The number of fused-ring (bicyclic) bond motifs is 1. The van der Waals surface area contributed by atoms with Crippen LogP contribution in [0.25, 0.3) is 10.2 Å². The number of aromatic nitrogens is 1. The Balaban J connectivity index is 2.02. The van der Waals surface area contributed by atoms with Crippen molar-refractivity contribution in [1.29, 1.82) is 0 Å². The van der Waals surface area contributed by atoms with Gasteiger partial charge in [-0.15, -0.1) is 11.3 Å². The quantitative estimate of drug-likeness (QED) is 0.878. The molecule has 0 spiro atoms. The topological polar surface area (TPSA) is 68.5 Å². The first-order valence-corrected chi connectivity index (χ1v) is 7.86. The van der Waals surface area contributed by atoms with E-state index in [0.29, 0.717) is 30.3 Å². The molecule has 3 rings (SSSR count). The standard InChI is InChI=1S/C15H19N3O2S/c1-8-6-9(2)17-14-11(8)12(16)13(21-14)15(19)18-4-5-20-10(3)7-18/h6,10H,4-5,7,16H2,1-3H3. The summed E-state index contributed by atoms with van der Waals surface area (Å²) in [6, 6.07) is 2.00. The molecular formula is C15H19N3O2S. The maximum atomic E-state index is 12.7. The molecular weight excluding hydrogens is 286 g/mol. The number of pyridine rings is 1. The van der Waals surface area contributed by atoms with Gasteiger partial charge in [-0.05, 0) is 32.4 Å². The van der Waals surface area contributed by atoms with Crippen molar-refractivity contribution < 1.29 is 9.53 Å². The lowest BCUT2D eigenvalue weighted by atomic mass is 10.1. The van der Waals surface area contributed by atoms with Crippen molar-refractivity contribution in [1.82, 2.24) is 9.88 Å². The van der Waals surface area contributed by atoms with E-state index in [1.165, 1.54) is 11.3 Å². The Morgan fingerprint density at radius 3 is 3.00 bits per heavy atom. The van der Waals surface area contributed by atoms with Crippen LogP contribution in [0.15, 0.2) is 6.07 Å². The van der Waals surface area contributed by atoms with E-state index in [4.69, 9.17) is 10.5 Å². The summed E-state index contributed by atoms with van der Waals surface area (Å²) in [6.45, 7) is 7.73. The maximum absolute atomic E-state index is 12.7. The van der Waals surface area contributed by atoms with Crippen LogP contribution >= 0.6 is 11.3 Å². The smallest absolute Gasteiger partial charge is 0.266 e. The molecule has 1 aliphatic rings. The highest BCUT2D eigenvalue weighted by atomic mass is 32.1. The second-order valence-electron chi connectivity index (χ2n) is 5.54. The Morgan fingerprint density at radius 1 is 1.52 bits per heavy atom. The summed E-state index contributed by atoms with van der Waals surface area (Å²) < 4.78 is 5.48. The minimum atomic E-state index is -0.0114. The number of hydrogen-bond donors (Lipinski definition) is 1. The lowest BCUT2D eigenvalue weighted by Gasteiger charge is -2.30. The molecule has 3 heterocycles. The second-order valence-corrected chi connectivity index (χ2v) is 6.54. The van der Waals surface area contributed by atoms with Gasteiger partial charge in [-0.2, -0.15) is 0 Å². The number of hydrogen-bond acceptors (Lipinski definition) is 5. The van der Waals surface area contributed by atoms with E-state index in [-0.39, 0.29) is 12.0 Å². The average Bonchev–Trinajstić information content (AvgIpc) is 2.75. The number of anilines is 1. The fourth-order valence-corrected chi connectivity index (χ4v) is 3.96. The lowest BCUT2D eigenvalue weighted by Crippen LogP contribution is -2.44. The van der Waals surface area contributed by atoms with Crippen LogP contribution in [0.5, 0.6) is 0 Å². The summed E-state index contributed by atoms with van der Waals surface area (Å²) >= 11 is 1.39. The van der Waals surface area contributed by atoms with Crippen LogP contribution in [0.2, 0.25) is 0 Å². The zero-order valence-corrected chi connectivity index (χ0v) is 13.3. The van der Waals surface area contributed by atoms with Gasteiger partial charge in [0.1, 0.15) is 9.71 Å². The largest absolute Gasteiger partial charge is 0.397 e. The number of morpholine rings is 1. The van der Waals surface area contributed by atoms with Crippen LogP contribution in [-0.4, -0.2) is 41.6 Å². The fourth-order valence-electron chi connectivity index (χ4n) is 2.77. The minimum absolute atomic E-state index is 0.0114. The zero-order valence-electron chi connectivity index (χ0n) is 12.5. The van der Waals surface area contributed by atoms with Crippen LogP contribution in [0.4, 0.5) is 5.69 Å². The summed E-state index contributed by atoms with van der Waals surface area (Å²) in [5.41, 5.74) is 8.80. The van der Waals surface area contributed by atoms with Crippen LogP contribution in [0, 0.1) is 13.8 Å². The number of nitrogens with two attached hydrogens (primary N) is 1. The molecule has 0 aliphatic carbocycles. The Bertz CT molecular complexity index is 710. The first-order valence-electron chi connectivity index (χ1n) is 7.04. The number of thiophene rings is 1. The van der Waals surface area contributed by atoms with Gasteiger partial charge in [0, 0.05) is 24.2 Å². The molecule has 0 saturated carbocycles. The molecule has 0 aromatic carbocycles. The molecule has 112 valence electrons. The number of carbonyl (C=O) groups is 1. The van der Waals surface area contributed by atoms with Crippen molar-refractivity contribution in [3.8, 4) is 0 Å². The second kappa shape index (κ2) is 5.27. The Morgan fingerprint density at radius 2 is 2.29 bits per heavy atom. The van der Waals surface area contributed by atoms with Gasteiger partial charge in [0.15, 0.2) is 0 Å². The molecule has 1 unspecified atom stereocenters. The van der Waals surface area contributed by atoms with Gasteiger partial charge in [-0.3, -0.25) is 4.79 Å². The van der Waals surface area contributed by atoms with Crippen LogP contribution in [0.1, 0.15) is 27.9 Å². The van der Waals surface area contributed by atoms with E-state index in [9.17, 15) is 4.79 Å². The number of carbonyl (C=O) groups excluding carboxylic acids is 1. The van der Waals surface area contributed by atoms with Crippen molar-refractivity contribution in [3.05, 3.63) is 22.2 Å². The van der Waals surface area contributed by atoms with Gasteiger partial charge < -0.3 is 15.4 Å². The van der Waals surface area contributed by atoms with Gasteiger partial charge >= 0.3 is 0 Å². The van der Waals surface area contributed by atoms with E-state index >= 15 is 0 Å². The molecule has 1 aliphatic heterocycles. The van der Waals surface area contributed by atoms with Gasteiger partial charge in [0.05, 0.1) is 18.4 Å². The maximum Gasteiger partial charge on any atom is 0.266 e. The third-order valence-corrected chi connectivity index (χ3v) is 4.83. The molecule has 1 saturated heterocycles. The van der Waals surface area contributed by atoms with E-state index in [0.717, 1.165) is 21.5 Å². The summed E-state index contributed by atoms with van der Waals surface area (Å²) in [5.74, 6) is -0.0114. The van der Waals surface area contributed by atoms with E-state index in [1.54, 1.807) is 0 Å². The molecule has 1 fully saturated rings. The number of aryl methyl sites for hydroxylation is 2. The number of nitrogens with zero attached hydrogens (tertiary/aromatic N) is 2. The van der Waals surface area contributed by atoms with Crippen molar-refractivity contribution in [2.75, 3.05) is 25.4 Å². The van der Waals surface area contributed by atoms with Crippen molar-refractivity contribution >= 4 is 33.1 Å². The number of amides is 1. The first kappa shape index (κ1) is 14.3. The Hall–Kier alpha value is -1.66. The third-order valence-electron chi connectivity index (χ3n) is 3.75. The monoisotopic (exact) mass is 305 g/mol. The normalized spacial score (nSPS) is 19.2. The Labute approximate surface area is 127 Å². The Kier molecular flexibility index (Phi) is 3.59. The first-order chi connectivity index (χ1) is 9.97. The molecule has 2 N–H and O–H groups in total. The summed E-state index contributed by atoms with van der Waals surface area (Å²) in [6.07, 6.45) is 0.0698. The van der Waals surface area contributed by atoms with E-state index < -0.39 is 0 Å². The van der Waals surface area contributed by atoms with Crippen LogP contribution in [-0.2, 0) is 4.74 Å². The third kappa shape index (κ3) is 2.49. The highest BCUT2D eigenvalue weighted by Crippen LogP contribution is 2.35. The van der Waals surface area contributed by atoms with E-state index in [2.05, 4.69) is 4.98 Å². The minimum Gasteiger partial charge on any atom is -0.397 e. The highest BCUT2D eigenvalue weighted by Gasteiger charge is 2.26. The zero-order chi connectivity index (χ0) is 15.1. The summed E-state index contributed by atoms with van der Waals surface area (Å²) in [5, 5.41) is 0.912. The number of rotatable bonds is 1. The molecule has 1 atom stereocenters. The van der Waals surface area contributed by atoms with E-state index in [1.807, 2.05) is 31.7 Å². The highest BCUT2D eigenvalue weighted by molar-refractivity contribution is 7.21. The van der Waals surface area contributed by atoms with Crippen LogP contribution < -0.4 is 5.73 Å². The lowest BCUT2D eigenvalue weighted by molar-refractivity contribution is -0.0122. The van der Waals surface area contributed by atoms with Gasteiger partial charge in [-0.1, -0.05) is 0 Å². The van der Waals surface area contributed by atoms with Gasteiger partial charge in [0.25, 0.3) is 5.91 Å². The molecule has 1 amide bonds. The average molecular weight is 305 g/mol. The SMILES string of the molecule is Cc1cc(C)c2c(N)c(C(=O)N3CCOC(C)C3)sc2n1. The molecule has 2 aromatic heterocycles. The predicted molar refractivity (Wildman–Crippen MR) is 84.8 cm³/mol. The van der Waals surface area contributed by atoms with Gasteiger partial charge in [0.2, 0.25) is 0 Å². The summed E-state index contributed by atoms with van der Waals surface area (Å²) in [7, 11) is 0. The molecule has 0 radical (unpaired) electrons. The molecule has 2 aromatic rings. The van der Waals surface area contributed by atoms with Crippen molar-refractivity contribution in [2.45, 2.75) is 26.9 Å². The van der Waals surface area contributed by atoms with Crippen molar-refractivity contribution in [3.63, 3.8) is 0 Å². The molecule has 0 bridgehead atoms.